The Morgan fingerprint density at radius 2 is 1.50 bits per heavy atom. The van der Waals surface area contributed by atoms with Crippen LogP contribution in [-0.4, -0.2) is 47.3 Å². The SMILES string of the molecule is CNC(=O)c1ccc(NC(=O)c2cc(OC)c(OC)c(OC)c2Br)c(OC)c1. The van der Waals surface area contributed by atoms with Crippen LogP contribution in [0.3, 0.4) is 0 Å². The van der Waals surface area contributed by atoms with Crippen molar-refractivity contribution >= 4 is 33.4 Å². The topological polar surface area (TPSA) is 95.1 Å². The third kappa shape index (κ3) is 4.14. The van der Waals surface area contributed by atoms with Crippen LogP contribution in [0.15, 0.2) is 28.7 Å². The predicted octanol–water partition coefficient (Wildman–Crippen LogP) is 3.10. The number of nitrogens with one attached hydrogen (secondary N) is 2. The molecule has 0 unspecified atom stereocenters. The summed E-state index contributed by atoms with van der Waals surface area (Å²) in [5, 5.41) is 5.30. The van der Waals surface area contributed by atoms with E-state index in [1.165, 1.54) is 41.6 Å². The lowest BCUT2D eigenvalue weighted by Gasteiger charge is -2.17. The summed E-state index contributed by atoms with van der Waals surface area (Å²) >= 11 is 3.38. The lowest BCUT2D eigenvalue weighted by molar-refractivity contribution is 0.0962. The molecule has 2 N–H and O–H groups in total. The molecule has 0 fully saturated rings. The molecule has 0 aromatic heterocycles. The second kappa shape index (κ2) is 9.32. The maximum absolute atomic E-state index is 12.9. The quantitative estimate of drug-likeness (QED) is 0.669. The van der Waals surface area contributed by atoms with Gasteiger partial charge in [0.25, 0.3) is 11.8 Å². The van der Waals surface area contributed by atoms with E-state index in [9.17, 15) is 9.59 Å². The van der Waals surface area contributed by atoms with E-state index in [0.29, 0.717) is 38.7 Å². The van der Waals surface area contributed by atoms with Crippen LogP contribution in [0.2, 0.25) is 0 Å². The van der Waals surface area contributed by atoms with Gasteiger partial charge in [0.15, 0.2) is 11.5 Å². The molecular weight excluding hydrogens is 432 g/mol. The Labute approximate surface area is 171 Å². The zero-order chi connectivity index (χ0) is 20.8. The molecule has 0 aliphatic carbocycles. The molecule has 0 saturated carbocycles. The number of hydrogen-bond donors (Lipinski definition) is 2. The Balaban J connectivity index is 2.44. The van der Waals surface area contributed by atoms with Crippen molar-refractivity contribution in [1.82, 2.24) is 5.32 Å². The van der Waals surface area contributed by atoms with Gasteiger partial charge in [0.1, 0.15) is 5.75 Å². The maximum Gasteiger partial charge on any atom is 0.257 e. The van der Waals surface area contributed by atoms with Crippen LogP contribution >= 0.6 is 15.9 Å². The van der Waals surface area contributed by atoms with E-state index in [2.05, 4.69) is 26.6 Å². The van der Waals surface area contributed by atoms with Gasteiger partial charge in [-0.05, 0) is 40.2 Å². The number of carbonyl (C=O) groups excluding carboxylic acids is 2. The minimum Gasteiger partial charge on any atom is -0.495 e. The molecule has 9 heteroatoms. The highest BCUT2D eigenvalue weighted by Gasteiger charge is 2.23. The molecule has 0 saturated heterocycles. The number of rotatable bonds is 7. The second-order valence-corrected chi connectivity index (χ2v) is 6.25. The van der Waals surface area contributed by atoms with Crippen LogP contribution in [0.25, 0.3) is 0 Å². The van der Waals surface area contributed by atoms with Gasteiger partial charge in [-0.1, -0.05) is 0 Å². The monoisotopic (exact) mass is 452 g/mol. The summed E-state index contributed by atoms with van der Waals surface area (Å²) in [6, 6.07) is 6.25. The molecule has 2 amide bonds. The van der Waals surface area contributed by atoms with Crippen molar-refractivity contribution < 1.29 is 28.5 Å². The Morgan fingerprint density at radius 3 is 2.04 bits per heavy atom. The van der Waals surface area contributed by atoms with E-state index in [0.717, 1.165) is 0 Å². The smallest absolute Gasteiger partial charge is 0.257 e. The molecule has 0 heterocycles. The average molecular weight is 453 g/mol. The van der Waals surface area contributed by atoms with Crippen LogP contribution in [0.4, 0.5) is 5.69 Å². The first-order chi connectivity index (χ1) is 13.4. The number of anilines is 1. The molecule has 0 aliphatic rings. The fraction of sp³-hybridized carbons (Fsp3) is 0.263. The molecule has 150 valence electrons. The van der Waals surface area contributed by atoms with Crippen LogP contribution in [0, 0.1) is 0 Å². The van der Waals surface area contributed by atoms with E-state index >= 15 is 0 Å². The molecule has 8 nitrogen and oxygen atoms in total. The van der Waals surface area contributed by atoms with E-state index in [-0.39, 0.29) is 11.5 Å². The molecule has 0 aliphatic heterocycles. The van der Waals surface area contributed by atoms with E-state index < -0.39 is 5.91 Å². The summed E-state index contributed by atoms with van der Waals surface area (Å²) < 4.78 is 21.7. The number of benzene rings is 2. The maximum atomic E-state index is 12.9. The van der Waals surface area contributed by atoms with Gasteiger partial charge in [-0.15, -0.1) is 0 Å². The Bertz CT molecular complexity index is 900. The number of ether oxygens (including phenoxy) is 4. The van der Waals surface area contributed by atoms with Crippen molar-refractivity contribution in [3.8, 4) is 23.0 Å². The number of carbonyl (C=O) groups is 2. The van der Waals surface area contributed by atoms with Crippen molar-refractivity contribution in [1.29, 1.82) is 0 Å². The van der Waals surface area contributed by atoms with Crippen molar-refractivity contribution in [3.05, 3.63) is 39.9 Å². The number of amides is 2. The van der Waals surface area contributed by atoms with Gasteiger partial charge in [-0.3, -0.25) is 9.59 Å². The van der Waals surface area contributed by atoms with Crippen molar-refractivity contribution in [2.24, 2.45) is 0 Å². The summed E-state index contributed by atoms with van der Waals surface area (Å²) in [6.07, 6.45) is 0. The van der Waals surface area contributed by atoms with Crippen molar-refractivity contribution in [2.45, 2.75) is 0 Å². The highest BCUT2D eigenvalue weighted by Crippen LogP contribution is 2.45. The summed E-state index contributed by atoms with van der Waals surface area (Å²) in [4.78, 5) is 24.7. The molecule has 28 heavy (non-hydrogen) atoms. The summed E-state index contributed by atoms with van der Waals surface area (Å²) in [5.41, 5.74) is 1.08. The highest BCUT2D eigenvalue weighted by atomic mass is 79.9. The van der Waals surface area contributed by atoms with E-state index in [4.69, 9.17) is 18.9 Å². The second-order valence-electron chi connectivity index (χ2n) is 5.46. The summed E-state index contributed by atoms with van der Waals surface area (Å²) in [5.74, 6) is 0.683. The Hall–Kier alpha value is -2.94. The van der Waals surface area contributed by atoms with E-state index in [1.54, 1.807) is 18.2 Å². The Kier molecular flexibility index (Phi) is 7.11. The first-order valence-corrected chi connectivity index (χ1v) is 8.91. The fourth-order valence-electron chi connectivity index (χ4n) is 2.56. The minimum absolute atomic E-state index is 0.261. The van der Waals surface area contributed by atoms with Gasteiger partial charge >= 0.3 is 0 Å². The minimum atomic E-state index is -0.433. The van der Waals surface area contributed by atoms with E-state index in [1.807, 2.05) is 0 Å². The molecule has 2 rings (SSSR count). The van der Waals surface area contributed by atoms with Crippen LogP contribution in [-0.2, 0) is 0 Å². The average Bonchev–Trinajstić information content (AvgIpc) is 2.72. The number of halogens is 1. The van der Waals surface area contributed by atoms with Crippen molar-refractivity contribution in [2.75, 3.05) is 40.8 Å². The number of methoxy groups -OCH3 is 4. The van der Waals surface area contributed by atoms with Gasteiger partial charge in [0, 0.05) is 12.6 Å². The standard InChI is InChI=1S/C19H21BrN2O6/c1-21-18(23)10-6-7-12(13(8-10)25-2)22-19(24)11-9-14(26-3)16(27-4)17(28-5)15(11)20/h6-9H,1-5H3,(H,21,23)(H,22,24). The van der Waals surface area contributed by atoms with Crippen LogP contribution in [0.1, 0.15) is 20.7 Å². The molecule has 2 aromatic carbocycles. The van der Waals surface area contributed by atoms with Crippen molar-refractivity contribution in [3.63, 3.8) is 0 Å². The van der Waals surface area contributed by atoms with Crippen LogP contribution in [0.5, 0.6) is 23.0 Å². The third-order valence-electron chi connectivity index (χ3n) is 3.95. The molecule has 2 aromatic rings. The first kappa shape index (κ1) is 21.4. The molecule has 0 bridgehead atoms. The van der Waals surface area contributed by atoms with Gasteiger partial charge in [-0.25, -0.2) is 0 Å². The Morgan fingerprint density at radius 1 is 0.857 bits per heavy atom. The molecular formula is C19H21BrN2O6. The normalized spacial score (nSPS) is 10.1. The predicted molar refractivity (Wildman–Crippen MR) is 108 cm³/mol. The molecule has 0 atom stereocenters. The van der Waals surface area contributed by atoms with Gasteiger partial charge in [0.05, 0.1) is 44.2 Å². The van der Waals surface area contributed by atoms with Gasteiger partial charge in [-0.2, -0.15) is 0 Å². The summed E-state index contributed by atoms with van der Waals surface area (Å²) in [6.45, 7) is 0. The highest BCUT2D eigenvalue weighted by molar-refractivity contribution is 9.10. The lowest BCUT2D eigenvalue weighted by atomic mass is 10.1. The fourth-order valence-corrected chi connectivity index (χ4v) is 3.19. The summed E-state index contributed by atoms with van der Waals surface area (Å²) in [7, 11) is 7.39. The van der Waals surface area contributed by atoms with Gasteiger partial charge < -0.3 is 29.6 Å². The first-order valence-electron chi connectivity index (χ1n) is 8.11. The van der Waals surface area contributed by atoms with Gasteiger partial charge in [0.2, 0.25) is 5.75 Å². The molecule has 0 radical (unpaired) electrons. The van der Waals surface area contributed by atoms with Crippen LogP contribution < -0.4 is 29.6 Å². The largest absolute Gasteiger partial charge is 0.495 e. The zero-order valence-corrected chi connectivity index (χ0v) is 17.7. The molecule has 0 spiro atoms. The zero-order valence-electron chi connectivity index (χ0n) is 16.1. The third-order valence-corrected chi connectivity index (χ3v) is 4.74. The number of hydrogen-bond acceptors (Lipinski definition) is 6. The lowest BCUT2D eigenvalue weighted by Crippen LogP contribution is -2.18.